The fourth-order valence-corrected chi connectivity index (χ4v) is 2.57. The van der Waals surface area contributed by atoms with Crippen LogP contribution < -0.4 is 0 Å². The lowest BCUT2D eigenvalue weighted by Crippen LogP contribution is -1.98. The Morgan fingerprint density at radius 2 is 1.83 bits per heavy atom. The molecule has 1 saturated heterocycles. The fourth-order valence-electron chi connectivity index (χ4n) is 2.57. The summed E-state index contributed by atoms with van der Waals surface area (Å²) < 4.78 is 5.87. The average molecular weight is 307 g/mol. The number of hydrogen-bond donors (Lipinski definition) is 0. The highest BCUT2D eigenvalue weighted by molar-refractivity contribution is 5.62. The van der Waals surface area contributed by atoms with Crippen molar-refractivity contribution in [1.82, 2.24) is 0 Å². The first-order valence-electron chi connectivity index (χ1n) is 7.56. The molecule has 1 atom stereocenters. The molecular weight excluding hydrogens is 290 g/mol. The van der Waals surface area contributed by atoms with Crippen LogP contribution in [0.3, 0.4) is 0 Å². The summed E-state index contributed by atoms with van der Waals surface area (Å²) in [5.41, 5.74) is 1.82. The van der Waals surface area contributed by atoms with E-state index in [4.69, 9.17) is 4.74 Å². The number of hydrogen-bond acceptors (Lipinski definition) is 3. The number of benzene rings is 2. The minimum atomic E-state index is -0.367. The summed E-state index contributed by atoms with van der Waals surface area (Å²) in [6.07, 6.45) is 7.54. The van der Waals surface area contributed by atoms with E-state index in [0.717, 1.165) is 24.2 Å². The molecule has 0 aromatic heterocycles. The van der Waals surface area contributed by atoms with Crippen LogP contribution in [0.5, 0.6) is 0 Å². The van der Waals surface area contributed by atoms with Gasteiger partial charge in [0.1, 0.15) is 6.10 Å². The minimum absolute atomic E-state index is 0.0178. The van der Waals surface area contributed by atoms with Crippen molar-refractivity contribution in [2.45, 2.75) is 18.9 Å². The number of nitro benzene ring substituents is 1. The van der Waals surface area contributed by atoms with Gasteiger partial charge in [-0.05, 0) is 30.2 Å². The zero-order valence-corrected chi connectivity index (χ0v) is 12.6. The van der Waals surface area contributed by atoms with Gasteiger partial charge in [0.15, 0.2) is 0 Å². The number of nitrogens with zero attached hydrogens (tertiary/aromatic N) is 1. The molecule has 1 heterocycles. The fraction of sp³-hybridized carbons (Fsp3) is 0.158. The molecule has 1 aliphatic heterocycles. The van der Waals surface area contributed by atoms with Gasteiger partial charge in [0, 0.05) is 12.5 Å². The second kappa shape index (κ2) is 6.92. The molecule has 4 heteroatoms. The Morgan fingerprint density at radius 1 is 1.09 bits per heavy atom. The predicted molar refractivity (Wildman–Crippen MR) is 90.7 cm³/mol. The number of nitro groups is 1. The Kier molecular flexibility index (Phi) is 4.52. The number of rotatable bonds is 4. The SMILES string of the molecule is O=[N+]([O-])c1ccccc1/C=C1\CCC(/C=C/c2ccccc2)O1. The monoisotopic (exact) mass is 307 g/mol. The van der Waals surface area contributed by atoms with Crippen molar-refractivity contribution in [2.24, 2.45) is 0 Å². The molecule has 3 rings (SSSR count). The molecule has 0 N–H and O–H groups in total. The molecule has 0 amide bonds. The molecule has 1 unspecified atom stereocenters. The predicted octanol–water partition coefficient (Wildman–Crippen LogP) is 4.83. The quantitative estimate of drug-likeness (QED) is 0.600. The molecule has 0 aliphatic carbocycles. The van der Waals surface area contributed by atoms with E-state index in [1.165, 1.54) is 6.07 Å². The van der Waals surface area contributed by atoms with Gasteiger partial charge in [-0.3, -0.25) is 10.1 Å². The minimum Gasteiger partial charge on any atom is -0.491 e. The first-order valence-corrected chi connectivity index (χ1v) is 7.56. The van der Waals surface area contributed by atoms with Crippen LogP contribution in [-0.2, 0) is 4.74 Å². The Morgan fingerprint density at radius 3 is 2.61 bits per heavy atom. The molecular formula is C19H17NO3. The highest BCUT2D eigenvalue weighted by atomic mass is 16.6. The Labute approximate surface area is 134 Å². The van der Waals surface area contributed by atoms with Gasteiger partial charge in [0.2, 0.25) is 0 Å². The lowest BCUT2D eigenvalue weighted by molar-refractivity contribution is -0.385. The second-order valence-electron chi connectivity index (χ2n) is 5.39. The van der Waals surface area contributed by atoms with Crippen molar-refractivity contribution in [3.63, 3.8) is 0 Å². The molecule has 4 nitrogen and oxygen atoms in total. The lowest BCUT2D eigenvalue weighted by Gasteiger charge is -2.05. The zero-order valence-electron chi connectivity index (χ0n) is 12.6. The van der Waals surface area contributed by atoms with Crippen LogP contribution in [0, 0.1) is 10.1 Å². The van der Waals surface area contributed by atoms with Gasteiger partial charge < -0.3 is 4.74 Å². The van der Waals surface area contributed by atoms with Crippen molar-refractivity contribution in [2.75, 3.05) is 0 Å². The maximum absolute atomic E-state index is 11.0. The van der Waals surface area contributed by atoms with E-state index < -0.39 is 0 Å². The van der Waals surface area contributed by atoms with Crippen molar-refractivity contribution < 1.29 is 9.66 Å². The smallest absolute Gasteiger partial charge is 0.276 e. The van der Waals surface area contributed by atoms with E-state index in [2.05, 4.69) is 0 Å². The molecule has 2 aromatic rings. The molecule has 116 valence electrons. The molecule has 23 heavy (non-hydrogen) atoms. The number of allylic oxidation sites excluding steroid dienone is 1. The van der Waals surface area contributed by atoms with Crippen molar-refractivity contribution in [3.05, 3.63) is 87.7 Å². The second-order valence-corrected chi connectivity index (χ2v) is 5.39. The van der Waals surface area contributed by atoms with E-state index in [1.54, 1.807) is 24.3 Å². The molecule has 0 radical (unpaired) electrons. The van der Waals surface area contributed by atoms with Gasteiger partial charge in [0.25, 0.3) is 5.69 Å². The van der Waals surface area contributed by atoms with E-state index in [-0.39, 0.29) is 16.7 Å². The van der Waals surface area contributed by atoms with Crippen molar-refractivity contribution >= 4 is 17.8 Å². The first kappa shape index (κ1) is 15.0. The topological polar surface area (TPSA) is 52.4 Å². The van der Waals surface area contributed by atoms with E-state index in [9.17, 15) is 10.1 Å². The molecule has 0 spiro atoms. The van der Waals surface area contributed by atoms with Gasteiger partial charge >= 0.3 is 0 Å². The van der Waals surface area contributed by atoms with E-state index >= 15 is 0 Å². The molecule has 0 saturated carbocycles. The van der Waals surface area contributed by atoms with E-state index in [0.29, 0.717) is 5.56 Å². The van der Waals surface area contributed by atoms with Crippen LogP contribution in [0.15, 0.2) is 66.4 Å². The number of para-hydroxylation sites is 1. The Balaban J connectivity index is 1.70. The van der Waals surface area contributed by atoms with Gasteiger partial charge in [-0.15, -0.1) is 0 Å². The summed E-state index contributed by atoms with van der Waals surface area (Å²) in [6.45, 7) is 0. The van der Waals surface area contributed by atoms with Gasteiger partial charge in [-0.2, -0.15) is 0 Å². The van der Waals surface area contributed by atoms with Crippen LogP contribution in [-0.4, -0.2) is 11.0 Å². The maximum atomic E-state index is 11.0. The Hall–Kier alpha value is -2.88. The van der Waals surface area contributed by atoms with Gasteiger partial charge in [-0.25, -0.2) is 0 Å². The summed E-state index contributed by atoms with van der Waals surface area (Å²) in [4.78, 5) is 10.7. The largest absolute Gasteiger partial charge is 0.491 e. The summed E-state index contributed by atoms with van der Waals surface area (Å²) in [6, 6.07) is 16.8. The van der Waals surface area contributed by atoms with Crippen LogP contribution >= 0.6 is 0 Å². The molecule has 2 aromatic carbocycles. The standard InChI is InChI=1S/C19H17NO3/c21-20(22)19-9-5-4-8-16(19)14-18-13-12-17(23-18)11-10-15-6-2-1-3-7-15/h1-11,14,17H,12-13H2/b11-10+,18-14+. The summed E-state index contributed by atoms with van der Waals surface area (Å²) in [5.74, 6) is 0.794. The van der Waals surface area contributed by atoms with Gasteiger partial charge in [0.05, 0.1) is 16.2 Å². The molecule has 0 bridgehead atoms. The average Bonchev–Trinajstić information content (AvgIpc) is 3.02. The molecule has 1 aliphatic rings. The zero-order chi connectivity index (χ0) is 16.1. The third kappa shape index (κ3) is 3.86. The van der Waals surface area contributed by atoms with Crippen molar-refractivity contribution in [1.29, 1.82) is 0 Å². The maximum Gasteiger partial charge on any atom is 0.276 e. The highest BCUT2D eigenvalue weighted by Crippen LogP contribution is 2.29. The van der Waals surface area contributed by atoms with Gasteiger partial charge in [-0.1, -0.05) is 48.5 Å². The van der Waals surface area contributed by atoms with Crippen LogP contribution in [0.4, 0.5) is 5.69 Å². The summed E-state index contributed by atoms with van der Waals surface area (Å²) in [5, 5.41) is 11.0. The number of ether oxygens (including phenoxy) is 1. The van der Waals surface area contributed by atoms with Crippen LogP contribution in [0.1, 0.15) is 24.0 Å². The lowest BCUT2D eigenvalue weighted by atomic mass is 10.1. The third-order valence-corrected chi connectivity index (χ3v) is 3.73. The van der Waals surface area contributed by atoms with E-state index in [1.807, 2.05) is 42.5 Å². The van der Waals surface area contributed by atoms with Crippen molar-refractivity contribution in [3.8, 4) is 0 Å². The third-order valence-electron chi connectivity index (χ3n) is 3.73. The first-order chi connectivity index (χ1) is 11.2. The van der Waals surface area contributed by atoms with Crippen LogP contribution in [0.25, 0.3) is 12.2 Å². The van der Waals surface area contributed by atoms with Crippen LogP contribution in [0.2, 0.25) is 0 Å². The summed E-state index contributed by atoms with van der Waals surface area (Å²) in [7, 11) is 0. The highest BCUT2D eigenvalue weighted by Gasteiger charge is 2.19. The Bertz CT molecular complexity index is 750. The normalized spacial score (nSPS) is 19.1. The molecule has 1 fully saturated rings. The summed E-state index contributed by atoms with van der Waals surface area (Å²) >= 11 is 0.